The highest BCUT2D eigenvalue weighted by Gasteiger charge is 2.04. The third kappa shape index (κ3) is 9.40. The minimum Gasteiger partial charge on any atom is -0.193 e. The molecule has 110 valence electrons. The summed E-state index contributed by atoms with van der Waals surface area (Å²) in [5.74, 6) is 0. The van der Waals surface area contributed by atoms with Crippen LogP contribution in [0.5, 0.6) is 0 Å². The highest BCUT2D eigenvalue weighted by Crippen LogP contribution is 2.20. The van der Waals surface area contributed by atoms with Crippen molar-refractivity contribution < 1.29 is 0 Å². The quantitative estimate of drug-likeness (QED) is 0.270. The van der Waals surface area contributed by atoms with E-state index in [-0.39, 0.29) is 0 Å². The molecule has 0 radical (unpaired) electrons. The Morgan fingerprint density at radius 1 is 0.850 bits per heavy atom. The van der Waals surface area contributed by atoms with E-state index in [0.717, 1.165) is 36.8 Å². The van der Waals surface area contributed by atoms with Gasteiger partial charge < -0.3 is 0 Å². The number of unbranched alkanes of at least 4 members (excludes halogenated alkanes) is 6. The van der Waals surface area contributed by atoms with Gasteiger partial charge in [0.05, 0.1) is 12.1 Å². The Hall–Kier alpha value is -1.54. The Morgan fingerprint density at radius 2 is 1.45 bits per heavy atom. The zero-order valence-electron chi connectivity index (χ0n) is 13.1. The number of nitrogens with zero attached hydrogens (tertiary/aromatic N) is 2. The van der Waals surface area contributed by atoms with Gasteiger partial charge in [-0.05, 0) is 37.3 Å². The lowest BCUT2D eigenvalue weighted by molar-refractivity contribution is 0.654. The average Bonchev–Trinajstić information content (AvgIpc) is 2.47. The highest BCUT2D eigenvalue weighted by molar-refractivity contribution is 5.36. The summed E-state index contributed by atoms with van der Waals surface area (Å²) in [5.41, 5.74) is 1.95. The van der Waals surface area contributed by atoms with Gasteiger partial charge in [0.2, 0.25) is 0 Å². The first-order valence-electron chi connectivity index (χ1n) is 7.98. The molecule has 0 saturated carbocycles. The lowest BCUT2D eigenvalue weighted by Gasteiger charge is -2.07. The molecule has 0 saturated heterocycles. The molecule has 0 aromatic heterocycles. The van der Waals surface area contributed by atoms with Crippen LogP contribution in [0.1, 0.15) is 78.1 Å². The molecule has 0 unspecified atom stereocenters. The molecular weight excluding hydrogens is 244 g/mol. The summed E-state index contributed by atoms with van der Waals surface area (Å²) in [6, 6.07) is 4.38. The van der Waals surface area contributed by atoms with Gasteiger partial charge in [0.25, 0.3) is 0 Å². The van der Waals surface area contributed by atoms with Gasteiger partial charge in [0.15, 0.2) is 0 Å². The molecule has 0 bridgehead atoms. The average molecular weight is 272 g/mol. The smallest absolute Gasteiger partial charge is 0.0949 e. The van der Waals surface area contributed by atoms with E-state index in [1.165, 1.54) is 44.6 Å². The van der Waals surface area contributed by atoms with Crippen LogP contribution in [0, 0.1) is 22.7 Å². The van der Waals surface area contributed by atoms with E-state index < -0.39 is 0 Å². The normalized spacial score (nSPS) is 12.0. The molecule has 0 aromatic carbocycles. The number of hydrogen-bond donors (Lipinski definition) is 0. The summed E-state index contributed by atoms with van der Waals surface area (Å²) >= 11 is 0. The summed E-state index contributed by atoms with van der Waals surface area (Å²) in [4.78, 5) is 0. The predicted molar refractivity (Wildman–Crippen MR) is 84.9 cm³/mol. The van der Waals surface area contributed by atoms with Gasteiger partial charge in [-0.25, -0.2) is 0 Å². The standard InChI is InChI=1S/C18H28N2/c1-3-5-7-9-12-17(14-11-15-19)18(16-20)13-10-8-6-4-2/h11,14H,3-10,12-13H2,1-2H3/b14-11-,18-17-. The summed E-state index contributed by atoms with van der Waals surface area (Å²) in [6.07, 6.45) is 14.6. The van der Waals surface area contributed by atoms with E-state index >= 15 is 0 Å². The first-order valence-corrected chi connectivity index (χ1v) is 7.98. The molecule has 0 rings (SSSR count). The molecule has 0 aliphatic heterocycles. The number of nitriles is 2. The van der Waals surface area contributed by atoms with Crippen molar-refractivity contribution in [3.05, 3.63) is 23.3 Å². The van der Waals surface area contributed by atoms with Gasteiger partial charge in [-0.3, -0.25) is 0 Å². The molecule has 0 heterocycles. The number of allylic oxidation sites excluding steroid dienone is 4. The van der Waals surface area contributed by atoms with E-state index in [1.54, 1.807) is 0 Å². The minimum atomic E-state index is 0.857. The van der Waals surface area contributed by atoms with Gasteiger partial charge in [0.1, 0.15) is 0 Å². The van der Waals surface area contributed by atoms with Crippen molar-refractivity contribution in [3.8, 4) is 12.1 Å². The van der Waals surface area contributed by atoms with E-state index in [1.807, 2.05) is 12.1 Å². The summed E-state index contributed by atoms with van der Waals surface area (Å²) in [6.45, 7) is 4.39. The molecular formula is C18H28N2. The Labute approximate surface area is 124 Å². The fourth-order valence-electron chi connectivity index (χ4n) is 2.23. The topological polar surface area (TPSA) is 47.6 Å². The van der Waals surface area contributed by atoms with Crippen LogP contribution in [0.4, 0.5) is 0 Å². The van der Waals surface area contributed by atoms with E-state index in [9.17, 15) is 5.26 Å². The van der Waals surface area contributed by atoms with Crippen molar-refractivity contribution >= 4 is 0 Å². The largest absolute Gasteiger partial charge is 0.193 e. The zero-order valence-corrected chi connectivity index (χ0v) is 13.1. The highest BCUT2D eigenvalue weighted by atomic mass is 14.3. The first kappa shape index (κ1) is 18.5. The molecule has 0 N–H and O–H groups in total. The van der Waals surface area contributed by atoms with E-state index in [2.05, 4.69) is 19.9 Å². The molecule has 2 nitrogen and oxygen atoms in total. The van der Waals surface area contributed by atoms with Crippen molar-refractivity contribution in [2.45, 2.75) is 78.1 Å². The molecule has 0 aromatic rings. The predicted octanol–water partition coefficient (Wildman–Crippen LogP) is 5.83. The lowest BCUT2D eigenvalue weighted by Crippen LogP contribution is -1.91. The van der Waals surface area contributed by atoms with Gasteiger partial charge >= 0.3 is 0 Å². The van der Waals surface area contributed by atoms with Crippen LogP contribution >= 0.6 is 0 Å². The van der Waals surface area contributed by atoms with Crippen molar-refractivity contribution in [2.75, 3.05) is 0 Å². The van der Waals surface area contributed by atoms with Crippen LogP contribution < -0.4 is 0 Å². The van der Waals surface area contributed by atoms with Gasteiger partial charge in [-0.2, -0.15) is 10.5 Å². The van der Waals surface area contributed by atoms with Crippen molar-refractivity contribution in [1.82, 2.24) is 0 Å². The van der Waals surface area contributed by atoms with Crippen molar-refractivity contribution in [2.24, 2.45) is 0 Å². The SMILES string of the molecule is CCCCCC/C(C#N)=C(/C=C\C#N)CCCCCC. The second kappa shape index (κ2) is 13.9. The molecule has 2 heteroatoms. The number of rotatable bonds is 11. The van der Waals surface area contributed by atoms with Gasteiger partial charge in [-0.1, -0.05) is 52.4 Å². The molecule has 20 heavy (non-hydrogen) atoms. The van der Waals surface area contributed by atoms with Crippen LogP contribution in [0.25, 0.3) is 0 Å². The van der Waals surface area contributed by atoms with Crippen LogP contribution in [-0.4, -0.2) is 0 Å². The molecule has 0 spiro atoms. The fraction of sp³-hybridized carbons (Fsp3) is 0.667. The molecule has 0 fully saturated rings. The molecule has 0 aliphatic carbocycles. The Bertz CT molecular complexity index is 377. The zero-order chi connectivity index (χ0) is 15.1. The van der Waals surface area contributed by atoms with Crippen molar-refractivity contribution in [3.63, 3.8) is 0 Å². The monoisotopic (exact) mass is 272 g/mol. The second-order valence-electron chi connectivity index (χ2n) is 5.20. The maximum absolute atomic E-state index is 9.33. The van der Waals surface area contributed by atoms with Crippen molar-refractivity contribution in [1.29, 1.82) is 10.5 Å². The maximum Gasteiger partial charge on any atom is 0.0949 e. The van der Waals surface area contributed by atoms with Crippen LogP contribution in [0.2, 0.25) is 0 Å². The summed E-state index contributed by atoms with van der Waals surface area (Å²) in [7, 11) is 0. The second-order valence-corrected chi connectivity index (χ2v) is 5.20. The van der Waals surface area contributed by atoms with Gasteiger partial charge in [-0.15, -0.1) is 0 Å². The Kier molecular flexibility index (Phi) is 12.8. The third-order valence-corrected chi connectivity index (χ3v) is 3.46. The Balaban J connectivity index is 4.56. The Morgan fingerprint density at radius 3 is 1.95 bits per heavy atom. The summed E-state index contributed by atoms with van der Waals surface area (Å²) in [5, 5.41) is 18.0. The van der Waals surface area contributed by atoms with Gasteiger partial charge in [0, 0.05) is 11.6 Å². The van der Waals surface area contributed by atoms with E-state index in [4.69, 9.17) is 5.26 Å². The van der Waals surface area contributed by atoms with Crippen LogP contribution in [-0.2, 0) is 0 Å². The first-order chi connectivity index (χ1) is 9.79. The molecule has 0 atom stereocenters. The summed E-state index contributed by atoms with van der Waals surface area (Å²) < 4.78 is 0. The fourth-order valence-corrected chi connectivity index (χ4v) is 2.23. The lowest BCUT2D eigenvalue weighted by atomic mass is 9.97. The van der Waals surface area contributed by atoms with E-state index in [0.29, 0.717) is 0 Å². The maximum atomic E-state index is 9.33. The minimum absolute atomic E-state index is 0.857. The third-order valence-electron chi connectivity index (χ3n) is 3.46. The van der Waals surface area contributed by atoms with Crippen LogP contribution in [0.15, 0.2) is 23.3 Å². The van der Waals surface area contributed by atoms with Crippen LogP contribution in [0.3, 0.4) is 0 Å². The number of hydrogen-bond acceptors (Lipinski definition) is 2. The molecule has 0 amide bonds. The molecule has 0 aliphatic rings.